The van der Waals surface area contributed by atoms with Gasteiger partial charge in [0.1, 0.15) is 17.6 Å². The van der Waals surface area contributed by atoms with Crippen molar-refractivity contribution < 1.29 is 27.2 Å². The highest BCUT2D eigenvalue weighted by Crippen LogP contribution is 2.23. The molecule has 2 fully saturated rings. The first kappa shape index (κ1) is 21.1. The second-order valence-corrected chi connectivity index (χ2v) is 10.3. The molecular weight excluding hydrogens is 428 g/mol. The van der Waals surface area contributed by atoms with Crippen molar-refractivity contribution in [1.82, 2.24) is 9.44 Å². The average Bonchev–Trinajstić information content (AvgIpc) is 3.66. The number of sulfonamides is 1. The predicted molar refractivity (Wildman–Crippen MR) is 109 cm³/mol. The lowest BCUT2D eigenvalue weighted by Gasteiger charge is -2.08. The summed E-state index contributed by atoms with van der Waals surface area (Å²) in [5.41, 5.74) is 0.758. The zero-order chi connectivity index (χ0) is 21.1. The van der Waals surface area contributed by atoms with Crippen LogP contribution in [0.15, 0.2) is 58.3 Å². The van der Waals surface area contributed by atoms with Crippen LogP contribution in [0.1, 0.15) is 41.6 Å². The minimum Gasteiger partial charge on any atom is -0.292 e. The molecule has 0 saturated heterocycles. The van der Waals surface area contributed by atoms with Gasteiger partial charge in [-0.2, -0.15) is 4.89 Å². The van der Waals surface area contributed by atoms with Crippen LogP contribution >= 0.6 is 0 Å². The van der Waals surface area contributed by atoms with Crippen molar-refractivity contribution in [3.8, 4) is 0 Å². The lowest BCUT2D eigenvalue weighted by molar-refractivity contribution is -0.250. The van der Waals surface area contributed by atoms with E-state index >= 15 is 0 Å². The number of benzene rings is 2. The van der Waals surface area contributed by atoms with Gasteiger partial charge in [0.2, 0.25) is 10.0 Å². The molecule has 1 unspecified atom stereocenters. The zero-order valence-corrected chi connectivity index (χ0v) is 17.7. The number of nitrogens with one attached hydrogen (secondary N) is 2. The molecule has 1 atom stereocenters. The lowest BCUT2D eigenvalue weighted by atomic mass is 10.2. The molecule has 8 nitrogen and oxygen atoms in total. The molecule has 0 aliphatic heterocycles. The molecule has 0 aromatic heterocycles. The van der Waals surface area contributed by atoms with E-state index in [4.69, 9.17) is 9.78 Å². The maximum absolute atomic E-state index is 12.3. The van der Waals surface area contributed by atoms with Gasteiger partial charge in [-0.3, -0.25) is 4.89 Å². The molecule has 0 bridgehead atoms. The Hall–Kier alpha value is -2.11. The van der Waals surface area contributed by atoms with E-state index < -0.39 is 27.0 Å². The smallest absolute Gasteiger partial charge is 0.292 e. The van der Waals surface area contributed by atoms with Crippen molar-refractivity contribution in [2.24, 2.45) is 0 Å². The average molecular weight is 451 g/mol. The summed E-state index contributed by atoms with van der Waals surface area (Å²) >= 11 is 0. The molecule has 0 amide bonds. The Kier molecular flexibility index (Phi) is 6.30. The number of rotatable bonds is 10. The maximum atomic E-state index is 12.3. The Morgan fingerprint density at radius 2 is 1.77 bits per heavy atom. The van der Waals surface area contributed by atoms with E-state index in [9.17, 15) is 17.4 Å². The molecule has 4 rings (SSSR count). The highest BCUT2D eigenvalue weighted by Gasteiger charge is 2.28. The second-order valence-electron chi connectivity index (χ2n) is 7.36. The van der Waals surface area contributed by atoms with Gasteiger partial charge in [0, 0.05) is 12.1 Å². The summed E-state index contributed by atoms with van der Waals surface area (Å²) in [7, 11) is -4.96. The van der Waals surface area contributed by atoms with Crippen molar-refractivity contribution in [2.45, 2.75) is 54.2 Å². The van der Waals surface area contributed by atoms with Crippen LogP contribution in [0.3, 0.4) is 0 Å². The van der Waals surface area contributed by atoms with E-state index in [-0.39, 0.29) is 29.1 Å². The van der Waals surface area contributed by atoms with Crippen LogP contribution in [0.25, 0.3) is 0 Å². The molecule has 2 N–H and O–H groups in total. The zero-order valence-electron chi connectivity index (χ0n) is 16.1. The largest absolute Gasteiger partial charge is 0.373 e. The third-order valence-corrected chi connectivity index (χ3v) is 7.35. The maximum Gasteiger partial charge on any atom is 0.373 e. The normalized spacial score (nSPS) is 17.5. The summed E-state index contributed by atoms with van der Waals surface area (Å²) in [6, 6.07) is 12.9. The van der Waals surface area contributed by atoms with Crippen molar-refractivity contribution in [3.63, 3.8) is 0 Å². The van der Waals surface area contributed by atoms with Gasteiger partial charge in [0.15, 0.2) is 0 Å². The predicted octanol–water partition coefficient (Wildman–Crippen LogP) is 2.19. The van der Waals surface area contributed by atoms with Gasteiger partial charge >= 0.3 is 5.97 Å². The molecule has 0 heterocycles. The topological polar surface area (TPSA) is 111 Å². The van der Waals surface area contributed by atoms with Gasteiger partial charge < -0.3 is 0 Å². The summed E-state index contributed by atoms with van der Waals surface area (Å²) in [5, 5.41) is 0. The van der Waals surface area contributed by atoms with Crippen molar-refractivity contribution in [1.29, 1.82) is 0 Å². The van der Waals surface area contributed by atoms with E-state index in [0.717, 1.165) is 25.7 Å². The van der Waals surface area contributed by atoms with E-state index in [0.29, 0.717) is 10.5 Å². The molecular formula is C20H22N2O6S2. The van der Waals surface area contributed by atoms with E-state index in [1.165, 1.54) is 18.2 Å². The summed E-state index contributed by atoms with van der Waals surface area (Å²) in [5.74, 6) is -0.723. The van der Waals surface area contributed by atoms with E-state index in [2.05, 4.69) is 9.44 Å². The fraction of sp³-hybridized carbons (Fsp3) is 0.350. The third kappa shape index (κ3) is 5.73. The minimum absolute atomic E-state index is 0.0143. The minimum atomic E-state index is -3.57. The molecule has 0 spiro atoms. The molecule has 10 heteroatoms. The number of carbonyl (C=O) groups excluding carboxylic acids is 1. The first-order chi connectivity index (χ1) is 14.4. The fourth-order valence-electron chi connectivity index (χ4n) is 2.65. The monoisotopic (exact) mass is 450 g/mol. The van der Waals surface area contributed by atoms with Crippen molar-refractivity contribution >= 4 is 27.0 Å². The van der Waals surface area contributed by atoms with E-state index in [1.54, 1.807) is 30.3 Å². The van der Waals surface area contributed by atoms with Gasteiger partial charge in [-0.05, 0) is 61.6 Å². The first-order valence-electron chi connectivity index (χ1n) is 9.64. The Morgan fingerprint density at radius 1 is 1.03 bits per heavy atom. The van der Waals surface area contributed by atoms with Gasteiger partial charge in [-0.1, -0.05) is 18.2 Å². The number of hydrogen-bond acceptors (Lipinski definition) is 6. The molecule has 2 aromatic rings. The highest BCUT2D eigenvalue weighted by atomic mass is 32.2. The van der Waals surface area contributed by atoms with E-state index in [1.807, 2.05) is 0 Å². The van der Waals surface area contributed by atoms with Crippen LogP contribution in [0.4, 0.5) is 0 Å². The Balaban J connectivity index is 1.32. The highest BCUT2D eigenvalue weighted by molar-refractivity contribution is 7.89. The van der Waals surface area contributed by atoms with Gasteiger partial charge in [0.05, 0.1) is 15.4 Å². The van der Waals surface area contributed by atoms with Crippen LogP contribution in [0.5, 0.6) is 0 Å². The molecule has 160 valence electrons. The lowest BCUT2D eigenvalue weighted by Crippen LogP contribution is -2.25. The molecule has 2 aliphatic rings. The molecule has 2 aliphatic carbocycles. The fourth-order valence-corrected chi connectivity index (χ4v) is 5.13. The van der Waals surface area contributed by atoms with Crippen LogP contribution < -0.4 is 9.44 Å². The molecule has 2 aromatic carbocycles. The van der Waals surface area contributed by atoms with Crippen LogP contribution in [-0.4, -0.2) is 30.7 Å². The van der Waals surface area contributed by atoms with Crippen molar-refractivity contribution in [2.75, 3.05) is 0 Å². The SMILES string of the molecule is O=C(OOCc1cccc(S(=O)(=O)NC2CC2)c1)c1cccc(S(=O)NC2CC2)c1. The van der Waals surface area contributed by atoms with Gasteiger partial charge in [-0.15, -0.1) is 0 Å². The van der Waals surface area contributed by atoms with Gasteiger partial charge in [0.25, 0.3) is 0 Å². The first-order valence-corrected chi connectivity index (χ1v) is 12.3. The summed E-state index contributed by atoms with van der Waals surface area (Å²) in [6.07, 6.45) is 3.70. The molecule has 2 saturated carbocycles. The Bertz CT molecular complexity index is 1060. The quantitative estimate of drug-likeness (QED) is 0.424. The summed E-state index contributed by atoms with van der Waals surface area (Å²) < 4.78 is 42.4. The van der Waals surface area contributed by atoms with Crippen LogP contribution in [0, 0.1) is 0 Å². The second kappa shape index (κ2) is 8.94. The third-order valence-electron chi connectivity index (χ3n) is 4.60. The summed E-state index contributed by atoms with van der Waals surface area (Å²) in [6.45, 7) is -0.104. The Morgan fingerprint density at radius 3 is 2.50 bits per heavy atom. The number of hydrogen-bond donors (Lipinski definition) is 2. The number of carbonyl (C=O) groups is 1. The Labute approximate surface area is 177 Å². The molecule has 30 heavy (non-hydrogen) atoms. The van der Waals surface area contributed by atoms with Crippen LogP contribution in [0.2, 0.25) is 0 Å². The van der Waals surface area contributed by atoms with Crippen LogP contribution in [-0.2, 0) is 37.4 Å². The van der Waals surface area contributed by atoms with Gasteiger partial charge in [-0.25, -0.2) is 26.9 Å². The van der Waals surface area contributed by atoms with Crippen molar-refractivity contribution in [3.05, 3.63) is 59.7 Å². The molecule has 0 radical (unpaired) electrons. The summed E-state index contributed by atoms with van der Waals surface area (Å²) in [4.78, 5) is 22.7. The standard InChI is InChI=1S/C20H22N2O6S2/c23-20(15-4-2-5-18(12-15)29(24)21-16-7-8-16)28-27-13-14-3-1-6-19(11-14)30(25,26)22-17-9-10-17/h1-6,11-12,16-17,21-22H,7-10,13H2.